The molecule has 18 heavy (non-hydrogen) atoms. The van der Waals surface area contributed by atoms with Crippen LogP contribution in [0.5, 0.6) is 0 Å². The van der Waals surface area contributed by atoms with Gasteiger partial charge in [-0.25, -0.2) is 0 Å². The van der Waals surface area contributed by atoms with Crippen molar-refractivity contribution in [3.05, 3.63) is 0 Å². The van der Waals surface area contributed by atoms with Crippen molar-refractivity contribution in [3.8, 4) is 0 Å². The van der Waals surface area contributed by atoms with Crippen LogP contribution < -0.4 is 16.0 Å². The second kappa shape index (κ2) is 9.88. The summed E-state index contributed by atoms with van der Waals surface area (Å²) in [4.78, 5) is 22.8. The number of rotatable bonds is 9. The second-order valence-electron chi connectivity index (χ2n) is 4.84. The summed E-state index contributed by atoms with van der Waals surface area (Å²) in [6.07, 6.45) is 1.42. The average Bonchev–Trinajstić information content (AvgIpc) is 2.25. The highest BCUT2D eigenvalue weighted by Gasteiger charge is 2.07. The predicted molar refractivity (Wildman–Crippen MR) is 73.3 cm³/mol. The number of likely N-dealkylation sites (N-methyl/N-ethyl adjacent to an activating group) is 1. The van der Waals surface area contributed by atoms with Crippen molar-refractivity contribution >= 4 is 11.8 Å². The molecule has 0 saturated heterocycles. The molecule has 0 aliphatic carbocycles. The topological polar surface area (TPSA) is 70.2 Å². The summed E-state index contributed by atoms with van der Waals surface area (Å²) in [5.41, 5.74) is 0. The molecule has 0 spiro atoms. The van der Waals surface area contributed by atoms with Crippen LogP contribution in [-0.4, -0.2) is 37.0 Å². The fourth-order valence-corrected chi connectivity index (χ4v) is 1.58. The van der Waals surface area contributed by atoms with Gasteiger partial charge in [-0.05, 0) is 33.7 Å². The Morgan fingerprint density at radius 1 is 1.06 bits per heavy atom. The highest BCUT2D eigenvalue weighted by atomic mass is 16.2. The SMILES string of the molecule is CCN[C@H](C)CNC(=O)CCCC(=O)NC(C)C. The molecule has 5 nitrogen and oxygen atoms in total. The van der Waals surface area contributed by atoms with Gasteiger partial charge in [-0.1, -0.05) is 6.92 Å². The van der Waals surface area contributed by atoms with Crippen molar-refractivity contribution in [2.24, 2.45) is 0 Å². The maximum Gasteiger partial charge on any atom is 0.220 e. The normalized spacial score (nSPS) is 12.3. The molecule has 0 rings (SSSR count). The van der Waals surface area contributed by atoms with E-state index in [1.54, 1.807) is 0 Å². The van der Waals surface area contributed by atoms with E-state index in [2.05, 4.69) is 16.0 Å². The lowest BCUT2D eigenvalue weighted by molar-refractivity contribution is -0.122. The Kier molecular flexibility index (Phi) is 9.28. The molecular weight excluding hydrogens is 230 g/mol. The molecule has 106 valence electrons. The first-order valence-corrected chi connectivity index (χ1v) is 6.75. The third kappa shape index (κ3) is 10.1. The third-order valence-electron chi connectivity index (χ3n) is 2.42. The monoisotopic (exact) mass is 257 g/mol. The zero-order chi connectivity index (χ0) is 14.0. The summed E-state index contributed by atoms with van der Waals surface area (Å²) in [7, 11) is 0. The van der Waals surface area contributed by atoms with Crippen LogP contribution in [0.3, 0.4) is 0 Å². The van der Waals surface area contributed by atoms with Crippen molar-refractivity contribution in [1.82, 2.24) is 16.0 Å². The Labute approximate surface area is 110 Å². The van der Waals surface area contributed by atoms with Crippen LogP contribution in [0.1, 0.15) is 47.0 Å². The van der Waals surface area contributed by atoms with Gasteiger partial charge in [-0.3, -0.25) is 9.59 Å². The quantitative estimate of drug-likeness (QED) is 0.572. The Morgan fingerprint density at radius 3 is 2.22 bits per heavy atom. The van der Waals surface area contributed by atoms with Gasteiger partial charge in [-0.15, -0.1) is 0 Å². The van der Waals surface area contributed by atoms with Crippen molar-refractivity contribution in [2.45, 2.75) is 59.0 Å². The van der Waals surface area contributed by atoms with E-state index >= 15 is 0 Å². The smallest absolute Gasteiger partial charge is 0.220 e. The molecule has 5 heteroatoms. The minimum atomic E-state index is 0.0112. The van der Waals surface area contributed by atoms with Crippen molar-refractivity contribution in [3.63, 3.8) is 0 Å². The number of nitrogens with one attached hydrogen (secondary N) is 3. The standard InChI is InChI=1S/C13H27N3O2/c1-5-14-11(4)9-15-12(17)7-6-8-13(18)16-10(2)3/h10-11,14H,5-9H2,1-4H3,(H,15,17)(H,16,18)/t11-/m1/s1. The summed E-state index contributed by atoms with van der Waals surface area (Å²) in [5.74, 6) is 0.0240. The minimum absolute atomic E-state index is 0.0112. The number of carbonyl (C=O) groups is 2. The van der Waals surface area contributed by atoms with E-state index in [9.17, 15) is 9.59 Å². The first-order chi connectivity index (χ1) is 8.45. The molecule has 0 heterocycles. The van der Waals surface area contributed by atoms with Gasteiger partial charge in [-0.2, -0.15) is 0 Å². The van der Waals surface area contributed by atoms with Gasteiger partial charge in [0.1, 0.15) is 0 Å². The molecule has 0 bridgehead atoms. The van der Waals surface area contributed by atoms with E-state index in [-0.39, 0.29) is 23.9 Å². The molecule has 0 fully saturated rings. The average molecular weight is 257 g/mol. The van der Waals surface area contributed by atoms with E-state index in [0.717, 1.165) is 6.54 Å². The molecule has 0 saturated carbocycles. The zero-order valence-corrected chi connectivity index (χ0v) is 12.0. The maximum atomic E-state index is 11.5. The van der Waals surface area contributed by atoms with Gasteiger partial charge in [0.15, 0.2) is 0 Å². The lowest BCUT2D eigenvalue weighted by atomic mass is 10.2. The van der Waals surface area contributed by atoms with Crippen molar-refractivity contribution in [1.29, 1.82) is 0 Å². The fourth-order valence-electron chi connectivity index (χ4n) is 1.58. The predicted octanol–water partition coefficient (Wildman–Crippen LogP) is 0.795. The summed E-state index contributed by atoms with van der Waals surface area (Å²) >= 11 is 0. The number of hydrogen-bond donors (Lipinski definition) is 3. The van der Waals surface area contributed by atoms with Crippen molar-refractivity contribution in [2.75, 3.05) is 13.1 Å². The van der Waals surface area contributed by atoms with Crippen LogP contribution in [0.25, 0.3) is 0 Å². The van der Waals surface area contributed by atoms with Crippen LogP contribution in [0.2, 0.25) is 0 Å². The molecule has 0 aliphatic rings. The molecule has 0 unspecified atom stereocenters. The molecule has 0 aromatic heterocycles. The van der Waals surface area contributed by atoms with E-state index < -0.39 is 0 Å². The van der Waals surface area contributed by atoms with Crippen LogP contribution in [0.15, 0.2) is 0 Å². The minimum Gasteiger partial charge on any atom is -0.355 e. The van der Waals surface area contributed by atoms with E-state index in [1.807, 2.05) is 27.7 Å². The third-order valence-corrected chi connectivity index (χ3v) is 2.42. The van der Waals surface area contributed by atoms with Gasteiger partial charge in [0.2, 0.25) is 11.8 Å². The molecule has 1 atom stereocenters. The summed E-state index contributed by atoms with van der Waals surface area (Å²) < 4.78 is 0. The Bertz CT molecular complexity index is 255. The molecule has 0 aliphatic heterocycles. The largest absolute Gasteiger partial charge is 0.355 e. The maximum absolute atomic E-state index is 11.5. The van der Waals surface area contributed by atoms with Crippen LogP contribution in [0, 0.1) is 0 Å². The molecule has 0 aromatic carbocycles. The highest BCUT2D eigenvalue weighted by Crippen LogP contribution is 1.96. The van der Waals surface area contributed by atoms with Crippen LogP contribution in [-0.2, 0) is 9.59 Å². The first kappa shape index (κ1) is 16.9. The molecule has 3 N–H and O–H groups in total. The van der Waals surface area contributed by atoms with Crippen molar-refractivity contribution < 1.29 is 9.59 Å². The number of amides is 2. The van der Waals surface area contributed by atoms with Crippen LogP contribution >= 0.6 is 0 Å². The van der Waals surface area contributed by atoms with E-state index in [0.29, 0.717) is 25.8 Å². The van der Waals surface area contributed by atoms with E-state index in [1.165, 1.54) is 0 Å². The lowest BCUT2D eigenvalue weighted by Crippen LogP contribution is -2.38. The van der Waals surface area contributed by atoms with Gasteiger partial charge < -0.3 is 16.0 Å². The Hall–Kier alpha value is -1.10. The molecule has 0 aromatic rings. The Balaban J connectivity index is 3.56. The van der Waals surface area contributed by atoms with E-state index in [4.69, 9.17) is 0 Å². The number of hydrogen-bond acceptors (Lipinski definition) is 3. The summed E-state index contributed by atoms with van der Waals surface area (Å²) in [6.45, 7) is 9.43. The molecule has 0 radical (unpaired) electrons. The molecular formula is C13H27N3O2. The zero-order valence-electron chi connectivity index (χ0n) is 12.0. The second-order valence-corrected chi connectivity index (χ2v) is 4.84. The van der Waals surface area contributed by atoms with Gasteiger partial charge in [0.25, 0.3) is 0 Å². The highest BCUT2D eigenvalue weighted by molar-refractivity contribution is 5.78. The van der Waals surface area contributed by atoms with Gasteiger partial charge in [0.05, 0.1) is 0 Å². The Morgan fingerprint density at radius 2 is 1.67 bits per heavy atom. The summed E-state index contributed by atoms with van der Waals surface area (Å²) in [5, 5.41) is 8.87. The van der Waals surface area contributed by atoms with Gasteiger partial charge in [0, 0.05) is 31.5 Å². The van der Waals surface area contributed by atoms with Crippen LogP contribution in [0.4, 0.5) is 0 Å². The molecule has 2 amide bonds. The van der Waals surface area contributed by atoms with Gasteiger partial charge >= 0.3 is 0 Å². The first-order valence-electron chi connectivity index (χ1n) is 6.75. The summed E-state index contributed by atoms with van der Waals surface area (Å²) in [6, 6.07) is 0.440. The fraction of sp³-hybridized carbons (Fsp3) is 0.846. The number of carbonyl (C=O) groups excluding carboxylic acids is 2. The lowest BCUT2D eigenvalue weighted by Gasteiger charge is -2.13.